The van der Waals surface area contributed by atoms with Gasteiger partial charge < -0.3 is 15.7 Å². The Morgan fingerprint density at radius 2 is 1.44 bits per heavy atom. The fourth-order valence-corrected chi connectivity index (χ4v) is 3.07. The predicted molar refractivity (Wildman–Crippen MR) is 99.0 cm³/mol. The highest BCUT2D eigenvalue weighted by Gasteiger charge is 2.49. The maximum atomic E-state index is 12.6. The third-order valence-corrected chi connectivity index (χ3v) is 4.34. The zero-order valence-electron chi connectivity index (χ0n) is 14.4. The summed E-state index contributed by atoms with van der Waals surface area (Å²) in [6.45, 7) is 1.81. The number of carbonyl (C=O) groups excluding carboxylic acids is 1. The van der Waals surface area contributed by atoms with Crippen molar-refractivity contribution in [3.63, 3.8) is 0 Å². The standard InChI is InChI=1S/C20H24N2O3/c1-16(23)20(19(24)25,14-8-9-15-21)22(17-10-4-2-5-11-17)18-12-6-3-7-13-18/h2-7,10-13H,8-9,14-15,21H2,1H3,(H,24,25)/t20-/m1/s1. The van der Waals surface area contributed by atoms with Crippen LogP contribution in [-0.4, -0.2) is 28.9 Å². The van der Waals surface area contributed by atoms with E-state index in [4.69, 9.17) is 5.73 Å². The number of nitrogens with two attached hydrogens (primary N) is 1. The van der Waals surface area contributed by atoms with Gasteiger partial charge in [-0.05, 0) is 57.0 Å². The van der Waals surface area contributed by atoms with Crippen molar-refractivity contribution in [3.8, 4) is 0 Å². The molecule has 2 rings (SSSR count). The summed E-state index contributed by atoms with van der Waals surface area (Å²) in [4.78, 5) is 26.6. The molecule has 2 aromatic carbocycles. The molecule has 0 radical (unpaired) electrons. The number of Topliss-reactive ketones (excluding diaryl/α,β-unsaturated/α-hetero) is 1. The van der Waals surface area contributed by atoms with Crippen LogP contribution in [0.5, 0.6) is 0 Å². The minimum Gasteiger partial charge on any atom is -0.479 e. The number of nitrogens with zero attached hydrogens (tertiary/aromatic N) is 1. The molecule has 5 heteroatoms. The Morgan fingerprint density at radius 1 is 0.960 bits per heavy atom. The van der Waals surface area contributed by atoms with Crippen molar-refractivity contribution >= 4 is 23.1 Å². The number of anilines is 2. The SMILES string of the molecule is CC(=O)[C@](CCCCN)(C(=O)O)N(c1ccccc1)c1ccccc1. The first kappa shape index (κ1) is 18.7. The fourth-order valence-electron chi connectivity index (χ4n) is 3.07. The number of carboxylic acid groups (broad SMARTS) is 1. The van der Waals surface area contributed by atoms with Crippen LogP contribution in [0.1, 0.15) is 26.2 Å². The summed E-state index contributed by atoms with van der Waals surface area (Å²) in [5.74, 6) is -1.55. The summed E-state index contributed by atoms with van der Waals surface area (Å²) >= 11 is 0. The van der Waals surface area contributed by atoms with Crippen molar-refractivity contribution in [1.29, 1.82) is 0 Å². The van der Waals surface area contributed by atoms with E-state index in [0.717, 1.165) is 0 Å². The first-order valence-corrected chi connectivity index (χ1v) is 8.39. The van der Waals surface area contributed by atoms with Crippen molar-refractivity contribution < 1.29 is 14.7 Å². The third kappa shape index (κ3) is 3.88. The van der Waals surface area contributed by atoms with Crippen molar-refractivity contribution in [1.82, 2.24) is 0 Å². The summed E-state index contributed by atoms with van der Waals surface area (Å²) in [5, 5.41) is 10.1. The van der Waals surface area contributed by atoms with Crippen molar-refractivity contribution in [2.75, 3.05) is 11.4 Å². The summed E-state index contributed by atoms with van der Waals surface area (Å²) in [7, 11) is 0. The molecule has 5 nitrogen and oxygen atoms in total. The Morgan fingerprint density at radius 3 is 1.80 bits per heavy atom. The smallest absolute Gasteiger partial charge is 0.337 e. The second kappa shape index (κ2) is 8.44. The molecule has 0 aliphatic heterocycles. The van der Waals surface area contributed by atoms with Crippen LogP contribution in [0.25, 0.3) is 0 Å². The first-order valence-electron chi connectivity index (χ1n) is 8.39. The van der Waals surface area contributed by atoms with Gasteiger partial charge in [-0.25, -0.2) is 4.79 Å². The molecule has 132 valence electrons. The van der Waals surface area contributed by atoms with E-state index in [9.17, 15) is 14.7 Å². The van der Waals surface area contributed by atoms with E-state index in [1.165, 1.54) is 6.92 Å². The molecule has 2 aromatic rings. The summed E-state index contributed by atoms with van der Waals surface area (Å²) < 4.78 is 0. The van der Waals surface area contributed by atoms with Gasteiger partial charge >= 0.3 is 5.97 Å². The number of hydrogen-bond donors (Lipinski definition) is 2. The highest BCUT2D eigenvalue weighted by Crippen LogP contribution is 2.37. The minimum atomic E-state index is -1.67. The molecule has 3 N–H and O–H groups in total. The Kier molecular flexibility index (Phi) is 6.31. The van der Waals surface area contributed by atoms with E-state index >= 15 is 0 Å². The number of benzene rings is 2. The molecule has 0 saturated heterocycles. The topological polar surface area (TPSA) is 83.6 Å². The monoisotopic (exact) mass is 340 g/mol. The lowest BCUT2D eigenvalue weighted by Crippen LogP contribution is -2.58. The van der Waals surface area contributed by atoms with Gasteiger partial charge in [-0.1, -0.05) is 36.4 Å². The van der Waals surface area contributed by atoms with E-state index in [1.54, 1.807) is 4.90 Å². The second-order valence-corrected chi connectivity index (χ2v) is 5.97. The molecule has 25 heavy (non-hydrogen) atoms. The summed E-state index contributed by atoms with van der Waals surface area (Å²) in [6, 6.07) is 18.3. The first-order chi connectivity index (χ1) is 12.0. The van der Waals surface area contributed by atoms with Gasteiger partial charge in [0.2, 0.25) is 5.54 Å². The zero-order valence-corrected chi connectivity index (χ0v) is 14.4. The molecule has 1 atom stereocenters. The van der Waals surface area contributed by atoms with Crippen molar-refractivity contribution in [2.24, 2.45) is 5.73 Å². The van der Waals surface area contributed by atoms with E-state index in [0.29, 0.717) is 30.8 Å². The molecule has 0 aliphatic rings. The van der Waals surface area contributed by atoms with Crippen molar-refractivity contribution in [2.45, 2.75) is 31.7 Å². The van der Waals surface area contributed by atoms with E-state index in [2.05, 4.69) is 0 Å². The van der Waals surface area contributed by atoms with Gasteiger partial charge in [0.25, 0.3) is 0 Å². The number of hydrogen-bond acceptors (Lipinski definition) is 4. The number of unbranched alkanes of at least 4 members (excludes halogenated alkanes) is 1. The average molecular weight is 340 g/mol. The molecule has 0 amide bonds. The Labute approximate surface area is 148 Å². The molecular formula is C20H24N2O3. The summed E-state index contributed by atoms with van der Waals surface area (Å²) in [5.41, 5.74) is 5.23. The maximum Gasteiger partial charge on any atom is 0.337 e. The number of para-hydroxylation sites is 2. The van der Waals surface area contributed by atoms with Crippen LogP contribution in [0.3, 0.4) is 0 Å². The van der Waals surface area contributed by atoms with E-state index in [-0.39, 0.29) is 6.42 Å². The normalized spacial score (nSPS) is 13.0. The van der Waals surface area contributed by atoms with Crippen LogP contribution in [0.15, 0.2) is 60.7 Å². The Balaban J connectivity index is 2.64. The maximum absolute atomic E-state index is 12.6. The van der Waals surface area contributed by atoms with Gasteiger partial charge in [-0.2, -0.15) is 0 Å². The molecule has 0 unspecified atom stereocenters. The molecule has 0 fully saturated rings. The van der Waals surface area contributed by atoms with Gasteiger partial charge in [0, 0.05) is 11.4 Å². The summed E-state index contributed by atoms with van der Waals surface area (Å²) in [6.07, 6.45) is 1.41. The lowest BCUT2D eigenvalue weighted by Gasteiger charge is -2.40. The van der Waals surface area contributed by atoms with Gasteiger partial charge in [-0.15, -0.1) is 0 Å². The molecule has 0 spiro atoms. The zero-order chi connectivity index (χ0) is 18.3. The number of ketones is 1. The van der Waals surface area contributed by atoms with Gasteiger partial charge in [0.15, 0.2) is 5.78 Å². The Bertz CT molecular complexity index is 648. The lowest BCUT2D eigenvalue weighted by molar-refractivity contribution is -0.147. The fraction of sp³-hybridized carbons (Fsp3) is 0.300. The number of carbonyl (C=O) groups is 2. The average Bonchev–Trinajstić information content (AvgIpc) is 2.62. The van der Waals surface area contributed by atoms with Crippen LogP contribution < -0.4 is 10.6 Å². The van der Waals surface area contributed by atoms with Crippen LogP contribution in [-0.2, 0) is 9.59 Å². The quantitative estimate of drug-likeness (QED) is 0.540. The number of aliphatic carboxylic acids is 1. The van der Waals surface area contributed by atoms with Crippen molar-refractivity contribution in [3.05, 3.63) is 60.7 Å². The molecule has 0 heterocycles. The minimum absolute atomic E-state index is 0.193. The van der Waals surface area contributed by atoms with E-state index in [1.807, 2.05) is 60.7 Å². The largest absolute Gasteiger partial charge is 0.479 e. The predicted octanol–water partition coefficient (Wildman–Crippen LogP) is 3.37. The van der Waals surface area contributed by atoms with Gasteiger partial charge in [-0.3, -0.25) is 4.79 Å². The van der Waals surface area contributed by atoms with Gasteiger partial charge in [0.1, 0.15) is 0 Å². The van der Waals surface area contributed by atoms with Crippen LogP contribution >= 0.6 is 0 Å². The number of carboxylic acids is 1. The number of rotatable bonds is 9. The van der Waals surface area contributed by atoms with Crippen LogP contribution in [0.4, 0.5) is 11.4 Å². The lowest BCUT2D eigenvalue weighted by atomic mass is 9.85. The molecule has 0 aromatic heterocycles. The molecule has 0 saturated carbocycles. The Hall–Kier alpha value is -2.66. The highest BCUT2D eigenvalue weighted by molar-refractivity contribution is 6.11. The van der Waals surface area contributed by atoms with Gasteiger partial charge in [0.05, 0.1) is 0 Å². The van der Waals surface area contributed by atoms with E-state index < -0.39 is 17.3 Å². The second-order valence-electron chi connectivity index (χ2n) is 5.97. The molecule has 0 bridgehead atoms. The molecule has 0 aliphatic carbocycles. The molecular weight excluding hydrogens is 316 g/mol. The third-order valence-electron chi connectivity index (χ3n) is 4.34. The van der Waals surface area contributed by atoms with Crippen LogP contribution in [0.2, 0.25) is 0 Å². The van der Waals surface area contributed by atoms with Crippen LogP contribution in [0, 0.1) is 0 Å². The highest BCUT2D eigenvalue weighted by atomic mass is 16.4.